The summed E-state index contributed by atoms with van der Waals surface area (Å²) >= 11 is 7.19. The van der Waals surface area contributed by atoms with Crippen LogP contribution in [0.4, 0.5) is 0 Å². The van der Waals surface area contributed by atoms with E-state index in [9.17, 15) is 4.79 Å². The maximum Gasteiger partial charge on any atom is 0.251 e. The van der Waals surface area contributed by atoms with Crippen molar-refractivity contribution in [2.45, 2.75) is 37.4 Å². The minimum absolute atomic E-state index is 0.0315. The highest BCUT2D eigenvalue weighted by Crippen LogP contribution is 2.29. The Hall–Kier alpha value is -0.350. The number of hydrogen-bond donors (Lipinski definition) is 1. The molecule has 1 fully saturated rings. The number of carbonyl (C=O) groups excluding carboxylic acids is 1. The number of rotatable bonds is 3. The van der Waals surface area contributed by atoms with Crippen LogP contribution in [0.2, 0.25) is 0 Å². The van der Waals surface area contributed by atoms with Crippen molar-refractivity contribution in [1.82, 2.24) is 5.32 Å². The third-order valence-electron chi connectivity index (χ3n) is 3.85. The third kappa shape index (κ3) is 3.82. The Kier molecular flexibility index (Phi) is 5.46. The Morgan fingerprint density at radius 3 is 2.84 bits per heavy atom. The molecule has 0 radical (unpaired) electrons. The van der Waals surface area contributed by atoms with E-state index >= 15 is 0 Å². The van der Waals surface area contributed by atoms with Crippen molar-refractivity contribution in [2.75, 3.05) is 6.54 Å². The molecule has 1 saturated carbocycles. The van der Waals surface area contributed by atoms with Gasteiger partial charge in [-0.2, -0.15) is 0 Å². The Morgan fingerprint density at radius 1 is 1.37 bits per heavy atom. The van der Waals surface area contributed by atoms with Gasteiger partial charge in [-0.3, -0.25) is 4.79 Å². The highest BCUT2D eigenvalue weighted by molar-refractivity contribution is 9.10. The summed E-state index contributed by atoms with van der Waals surface area (Å²) in [4.78, 5) is 12.8. The standard InChI is InChI=1S/C15H19Br2NO/c1-10-12(6-4-8-13(10)16)15(19)18-9-11-5-2-3-7-14(11)17/h4,6,8,11,14H,2-3,5,7,9H2,1H3,(H,18,19). The molecular weight excluding hydrogens is 370 g/mol. The first-order valence-corrected chi connectivity index (χ1v) is 8.48. The Labute approximate surface area is 131 Å². The molecule has 19 heavy (non-hydrogen) atoms. The summed E-state index contributed by atoms with van der Waals surface area (Å²) in [6.07, 6.45) is 4.99. The second-order valence-electron chi connectivity index (χ2n) is 5.18. The summed E-state index contributed by atoms with van der Waals surface area (Å²) in [5.74, 6) is 0.592. The van der Waals surface area contributed by atoms with Crippen LogP contribution in [0, 0.1) is 12.8 Å². The van der Waals surface area contributed by atoms with Crippen LogP contribution in [0.1, 0.15) is 41.6 Å². The van der Waals surface area contributed by atoms with Gasteiger partial charge in [-0.05, 0) is 43.4 Å². The monoisotopic (exact) mass is 387 g/mol. The Balaban J connectivity index is 1.95. The molecule has 0 bridgehead atoms. The number of alkyl halides is 1. The maximum absolute atomic E-state index is 12.2. The normalized spacial score (nSPS) is 23.1. The topological polar surface area (TPSA) is 29.1 Å². The summed E-state index contributed by atoms with van der Waals surface area (Å²) in [5, 5.41) is 3.08. The number of carbonyl (C=O) groups is 1. The van der Waals surface area contributed by atoms with Crippen LogP contribution in [0.25, 0.3) is 0 Å². The van der Waals surface area contributed by atoms with Gasteiger partial charge in [0.25, 0.3) is 5.91 Å². The van der Waals surface area contributed by atoms with Crippen LogP contribution in [0.3, 0.4) is 0 Å². The molecule has 1 aliphatic carbocycles. The minimum Gasteiger partial charge on any atom is -0.352 e. The fourth-order valence-electron chi connectivity index (χ4n) is 2.56. The molecule has 1 aromatic carbocycles. The first-order chi connectivity index (χ1) is 9.09. The lowest BCUT2D eigenvalue weighted by molar-refractivity contribution is 0.0944. The molecule has 2 nitrogen and oxygen atoms in total. The average molecular weight is 389 g/mol. The summed E-state index contributed by atoms with van der Waals surface area (Å²) in [5.41, 5.74) is 1.76. The molecule has 4 heteroatoms. The van der Waals surface area contributed by atoms with Crippen LogP contribution in [0.15, 0.2) is 22.7 Å². The molecule has 0 aromatic heterocycles. The number of amides is 1. The van der Waals surface area contributed by atoms with Gasteiger partial charge in [0.2, 0.25) is 0 Å². The molecule has 0 spiro atoms. The summed E-state index contributed by atoms with van der Waals surface area (Å²) < 4.78 is 0.983. The average Bonchev–Trinajstić information content (AvgIpc) is 2.40. The zero-order valence-corrected chi connectivity index (χ0v) is 14.3. The van der Waals surface area contributed by atoms with E-state index in [2.05, 4.69) is 37.2 Å². The second-order valence-corrected chi connectivity index (χ2v) is 7.21. The molecule has 2 unspecified atom stereocenters. The smallest absolute Gasteiger partial charge is 0.251 e. The largest absolute Gasteiger partial charge is 0.352 e. The van der Waals surface area contributed by atoms with Crippen LogP contribution in [-0.2, 0) is 0 Å². The predicted octanol–water partition coefficient (Wildman–Crippen LogP) is 4.44. The van der Waals surface area contributed by atoms with Gasteiger partial charge in [-0.1, -0.05) is 50.8 Å². The minimum atomic E-state index is 0.0315. The van der Waals surface area contributed by atoms with Crippen LogP contribution < -0.4 is 5.32 Å². The van der Waals surface area contributed by atoms with Gasteiger partial charge in [0, 0.05) is 21.4 Å². The summed E-state index contributed by atoms with van der Waals surface area (Å²) in [6.45, 7) is 2.73. The first kappa shape index (κ1) is 15.0. The highest BCUT2D eigenvalue weighted by atomic mass is 79.9. The number of benzene rings is 1. The van der Waals surface area contributed by atoms with Crippen molar-refractivity contribution >= 4 is 37.8 Å². The highest BCUT2D eigenvalue weighted by Gasteiger charge is 2.23. The van der Waals surface area contributed by atoms with E-state index in [-0.39, 0.29) is 5.91 Å². The van der Waals surface area contributed by atoms with Crippen molar-refractivity contribution in [3.63, 3.8) is 0 Å². The van der Waals surface area contributed by atoms with Gasteiger partial charge in [0.1, 0.15) is 0 Å². The quantitative estimate of drug-likeness (QED) is 0.762. The van der Waals surface area contributed by atoms with Crippen molar-refractivity contribution in [3.05, 3.63) is 33.8 Å². The molecule has 1 aliphatic rings. The van der Waals surface area contributed by atoms with Crippen molar-refractivity contribution in [1.29, 1.82) is 0 Å². The zero-order valence-electron chi connectivity index (χ0n) is 11.1. The van der Waals surface area contributed by atoms with Crippen LogP contribution in [-0.4, -0.2) is 17.3 Å². The first-order valence-electron chi connectivity index (χ1n) is 6.77. The molecular formula is C15H19Br2NO. The molecule has 2 rings (SSSR count). The molecule has 1 N–H and O–H groups in total. The van der Waals surface area contributed by atoms with E-state index in [1.54, 1.807) is 0 Å². The summed E-state index contributed by atoms with van der Waals surface area (Å²) in [6, 6.07) is 5.74. The third-order valence-corrected chi connectivity index (χ3v) is 5.92. The van der Waals surface area contributed by atoms with Crippen molar-refractivity contribution < 1.29 is 4.79 Å². The van der Waals surface area contributed by atoms with Gasteiger partial charge in [0.05, 0.1) is 0 Å². The SMILES string of the molecule is Cc1c(Br)cccc1C(=O)NCC1CCCCC1Br. The lowest BCUT2D eigenvalue weighted by Gasteiger charge is -2.27. The maximum atomic E-state index is 12.2. The summed E-state index contributed by atoms with van der Waals surface area (Å²) in [7, 11) is 0. The molecule has 0 saturated heterocycles. The predicted molar refractivity (Wildman–Crippen MR) is 85.9 cm³/mol. The van der Waals surface area contributed by atoms with Gasteiger partial charge in [-0.25, -0.2) is 0 Å². The Morgan fingerprint density at radius 2 is 2.11 bits per heavy atom. The van der Waals surface area contributed by atoms with Gasteiger partial charge in [-0.15, -0.1) is 0 Å². The van der Waals surface area contributed by atoms with E-state index in [0.29, 0.717) is 10.7 Å². The number of nitrogens with one attached hydrogen (secondary N) is 1. The molecule has 2 atom stereocenters. The van der Waals surface area contributed by atoms with E-state index in [4.69, 9.17) is 0 Å². The van der Waals surface area contributed by atoms with E-state index in [0.717, 1.165) is 22.1 Å². The van der Waals surface area contributed by atoms with Crippen molar-refractivity contribution in [2.24, 2.45) is 5.92 Å². The molecule has 1 aromatic rings. The van der Waals surface area contributed by atoms with Crippen LogP contribution >= 0.6 is 31.9 Å². The molecule has 0 aliphatic heterocycles. The molecule has 104 valence electrons. The van der Waals surface area contributed by atoms with E-state index < -0.39 is 0 Å². The number of hydrogen-bond acceptors (Lipinski definition) is 1. The molecule has 1 amide bonds. The Bertz CT molecular complexity index is 461. The van der Waals surface area contributed by atoms with Gasteiger partial charge >= 0.3 is 0 Å². The zero-order chi connectivity index (χ0) is 13.8. The number of halogens is 2. The van der Waals surface area contributed by atoms with E-state index in [1.165, 1.54) is 25.7 Å². The second kappa shape index (κ2) is 6.89. The fourth-order valence-corrected chi connectivity index (χ4v) is 3.71. The van der Waals surface area contributed by atoms with Gasteiger partial charge < -0.3 is 5.32 Å². The fraction of sp³-hybridized carbons (Fsp3) is 0.533. The van der Waals surface area contributed by atoms with Gasteiger partial charge in [0.15, 0.2) is 0 Å². The lowest BCUT2D eigenvalue weighted by Crippen LogP contribution is -2.34. The lowest BCUT2D eigenvalue weighted by atomic mass is 9.89. The molecule has 0 heterocycles. The van der Waals surface area contributed by atoms with E-state index in [1.807, 2.05) is 25.1 Å². The van der Waals surface area contributed by atoms with Crippen molar-refractivity contribution in [3.8, 4) is 0 Å². The van der Waals surface area contributed by atoms with Crippen LogP contribution in [0.5, 0.6) is 0 Å².